The first-order chi connectivity index (χ1) is 14.4. The van der Waals surface area contributed by atoms with E-state index in [0.717, 1.165) is 34.6 Å². The van der Waals surface area contributed by atoms with Crippen molar-refractivity contribution in [2.75, 3.05) is 22.5 Å². The molecule has 1 aliphatic carbocycles. The van der Waals surface area contributed by atoms with Crippen LogP contribution >= 0.6 is 11.8 Å². The van der Waals surface area contributed by atoms with Gasteiger partial charge in [-0.1, -0.05) is 0 Å². The van der Waals surface area contributed by atoms with Crippen LogP contribution in [-0.4, -0.2) is 39.2 Å². The average molecular weight is 460 g/mol. The molecule has 0 radical (unpaired) electrons. The predicted molar refractivity (Wildman–Crippen MR) is 109 cm³/mol. The molecule has 1 aliphatic heterocycles. The lowest BCUT2D eigenvalue weighted by molar-refractivity contribution is -0.141. The smallest absolute Gasteiger partial charge is 0.364 e. The highest BCUT2D eigenvalue weighted by Gasteiger charge is 2.57. The first-order valence-electron chi connectivity index (χ1n) is 9.73. The van der Waals surface area contributed by atoms with E-state index in [9.17, 15) is 26.7 Å². The van der Waals surface area contributed by atoms with Crippen LogP contribution in [0.15, 0.2) is 18.2 Å². The molecule has 1 atom stereocenters. The quantitative estimate of drug-likeness (QED) is 0.662. The molecule has 31 heavy (non-hydrogen) atoms. The lowest BCUT2D eigenvalue weighted by Gasteiger charge is -2.30. The Morgan fingerprint density at radius 2 is 1.87 bits per heavy atom. The van der Waals surface area contributed by atoms with E-state index in [1.807, 2.05) is 30.9 Å². The Labute approximate surface area is 180 Å². The maximum Gasteiger partial charge on any atom is 0.435 e. The second-order valence-corrected chi connectivity index (χ2v) is 9.12. The number of amides is 1. The van der Waals surface area contributed by atoms with Crippen molar-refractivity contribution in [1.82, 2.24) is 9.78 Å². The molecule has 168 valence electrons. The Morgan fingerprint density at radius 1 is 1.23 bits per heavy atom. The first kappa shape index (κ1) is 21.9. The number of nitrogens with zero attached hydrogens (tertiary/aromatic N) is 3. The largest absolute Gasteiger partial charge is 0.435 e. The van der Waals surface area contributed by atoms with Gasteiger partial charge in [-0.3, -0.25) is 9.48 Å². The number of carbonyl (C=O) groups excluding carboxylic acids is 1. The minimum Gasteiger partial charge on any atom is -0.364 e. The van der Waals surface area contributed by atoms with Crippen molar-refractivity contribution >= 4 is 29.0 Å². The topological polar surface area (TPSA) is 50.2 Å². The molecule has 1 aromatic carbocycles. The molecule has 2 aliphatic rings. The molecule has 5 nitrogen and oxygen atoms in total. The van der Waals surface area contributed by atoms with Gasteiger partial charge in [0.1, 0.15) is 0 Å². The summed E-state index contributed by atoms with van der Waals surface area (Å²) in [5.74, 6) is -3.05. The lowest BCUT2D eigenvalue weighted by atomic mass is 10.1. The Kier molecular flexibility index (Phi) is 5.43. The molecule has 0 bridgehead atoms. The number of aromatic nitrogens is 2. The van der Waals surface area contributed by atoms with Crippen LogP contribution in [0.5, 0.6) is 0 Å². The van der Waals surface area contributed by atoms with Crippen LogP contribution in [0.1, 0.15) is 28.9 Å². The summed E-state index contributed by atoms with van der Waals surface area (Å²) in [5, 5.41) is 5.65. The molecule has 1 saturated carbocycles. The monoisotopic (exact) mass is 460 g/mol. The number of carbonyl (C=O) groups is 1. The van der Waals surface area contributed by atoms with E-state index < -0.39 is 23.0 Å². The number of rotatable bonds is 5. The van der Waals surface area contributed by atoms with Crippen molar-refractivity contribution in [1.29, 1.82) is 0 Å². The van der Waals surface area contributed by atoms with Gasteiger partial charge in [0.2, 0.25) is 5.91 Å². The third-order valence-electron chi connectivity index (χ3n) is 5.42. The van der Waals surface area contributed by atoms with E-state index in [-0.39, 0.29) is 18.1 Å². The zero-order valence-corrected chi connectivity index (χ0v) is 17.7. The molecule has 4 rings (SSSR count). The molecule has 1 fully saturated rings. The van der Waals surface area contributed by atoms with E-state index in [4.69, 9.17) is 0 Å². The Morgan fingerprint density at radius 3 is 2.45 bits per heavy atom. The normalized spacial score (nSPS) is 19.8. The van der Waals surface area contributed by atoms with Gasteiger partial charge in [-0.25, -0.2) is 8.78 Å². The number of halogens is 5. The molecule has 2 aromatic rings. The Bertz CT molecular complexity index is 996. The maximum atomic E-state index is 13.0. The van der Waals surface area contributed by atoms with Gasteiger partial charge < -0.3 is 10.2 Å². The van der Waals surface area contributed by atoms with Crippen molar-refractivity contribution in [2.45, 2.75) is 50.7 Å². The van der Waals surface area contributed by atoms with E-state index in [1.54, 1.807) is 0 Å². The summed E-state index contributed by atoms with van der Waals surface area (Å²) in [7, 11) is 0. The summed E-state index contributed by atoms with van der Waals surface area (Å²) in [6.45, 7) is 4.78. The van der Waals surface area contributed by atoms with Gasteiger partial charge in [-0.15, -0.1) is 11.8 Å². The minimum atomic E-state index is -4.48. The molecule has 1 amide bonds. The van der Waals surface area contributed by atoms with Gasteiger partial charge in [-0.05, 0) is 43.2 Å². The predicted octanol–water partition coefficient (Wildman–Crippen LogP) is 4.62. The minimum absolute atomic E-state index is 0.0431. The zero-order chi connectivity index (χ0) is 22.6. The lowest BCUT2D eigenvalue weighted by Crippen LogP contribution is -2.34. The van der Waals surface area contributed by atoms with Crippen LogP contribution in [0.2, 0.25) is 0 Å². The number of thioether (sulfide) groups is 1. The van der Waals surface area contributed by atoms with Crippen molar-refractivity contribution in [3.63, 3.8) is 0 Å². The standard InChI is InChI=1S/C20H21F5N4OS/c1-11-5-13(28-3-4-29-14(9-28)7-15(27-29)20(23,24)25)6-12(2)18(11)26-17(30)10-31-16-8-19(16,21)22/h5-7,16H,3-4,8-10H2,1-2H3,(H,26,30). The molecule has 0 saturated heterocycles. The fourth-order valence-electron chi connectivity index (χ4n) is 3.67. The summed E-state index contributed by atoms with van der Waals surface area (Å²) in [6.07, 6.45) is -4.66. The van der Waals surface area contributed by atoms with Crippen LogP contribution in [0.25, 0.3) is 0 Å². The number of anilines is 2. The fraction of sp³-hybridized carbons (Fsp3) is 0.500. The maximum absolute atomic E-state index is 13.0. The number of hydrogen-bond donors (Lipinski definition) is 1. The summed E-state index contributed by atoms with van der Waals surface area (Å²) >= 11 is 0.953. The fourth-order valence-corrected chi connectivity index (χ4v) is 4.68. The van der Waals surface area contributed by atoms with Crippen LogP contribution in [0, 0.1) is 13.8 Å². The Balaban J connectivity index is 1.43. The highest BCUT2D eigenvalue weighted by atomic mass is 32.2. The molecule has 2 heterocycles. The number of hydrogen-bond acceptors (Lipinski definition) is 4. The van der Waals surface area contributed by atoms with Gasteiger partial charge in [-0.2, -0.15) is 18.3 Å². The van der Waals surface area contributed by atoms with Gasteiger partial charge >= 0.3 is 6.18 Å². The molecular formula is C20H21F5N4OS. The molecule has 1 aromatic heterocycles. The second-order valence-electron chi connectivity index (χ2n) is 7.93. The third-order valence-corrected chi connectivity index (χ3v) is 6.76. The van der Waals surface area contributed by atoms with Gasteiger partial charge in [0.25, 0.3) is 5.92 Å². The van der Waals surface area contributed by atoms with Crippen LogP contribution in [0.3, 0.4) is 0 Å². The summed E-state index contributed by atoms with van der Waals surface area (Å²) < 4.78 is 66.1. The van der Waals surface area contributed by atoms with Crippen LogP contribution < -0.4 is 10.2 Å². The highest BCUT2D eigenvalue weighted by Crippen LogP contribution is 2.50. The third kappa shape index (κ3) is 4.65. The van der Waals surface area contributed by atoms with Crippen LogP contribution in [-0.2, 0) is 24.1 Å². The van der Waals surface area contributed by atoms with Crippen molar-refractivity contribution in [3.8, 4) is 0 Å². The van der Waals surface area contributed by atoms with Gasteiger partial charge in [0.15, 0.2) is 5.69 Å². The summed E-state index contributed by atoms with van der Waals surface area (Å²) in [6, 6.07) is 4.80. The van der Waals surface area contributed by atoms with E-state index in [1.165, 1.54) is 4.68 Å². The van der Waals surface area contributed by atoms with Crippen molar-refractivity contribution in [3.05, 3.63) is 40.7 Å². The van der Waals surface area contributed by atoms with E-state index in [2.05, 4.69) is 10.4 Å². The summed E-state index contributed by atoms with van der Waals surface area (Å²) in [4.78, 5) is 14.1. The van der Waals surface area contributed by atoms with Crippen LogP contribution in [0.4, 0.5) is 33.3 Å². The first-order valence-corrected chi connectivity index (χ1v) is 10.8. The SMILES string of the molecule is Cc1cc(N2CCn3nc(C(F)(F)F)cc3C2)cc(C)c1NC(=O)CSC1CC1(F)F. The molecule has 1 N–H and O–H groups in total. The van der Waals surface area contributed by atoms with Gasteiger partial charge in [0.05, 0.1) is 29.8 Å². The number of nitrogens with one attached hydrogen (secondary N) is 1. The molecule has 11 heteroatoms. The number of aryl methyl sites for hydroxylation is 2. The molecule has 0 spiro atoms. The highest BCUT2D eigenvalue weighted by molar-refractivity contribution is 8.00. The molecular weight excluding hydrogens is 439 g/mol. The zero-order valence-electron chi connectivity index (χ0n) is 16.9. The number of benzene rings is 1. The molecule has 1 unspecified atom stereocenters. The van der Waals surface area contributed by atoms with Gasteiger partial charge in [0, 0.05) is 24.3 Å². The summed E-state index contributed by atoms with van der Waals surface area (Å²) in [5.41, 5.74) is 2.64. The number of alkyl halides is 5. The van der Waals surface area contributed by atoms with Crippen molar-refractivity contribution < 1.29 is 26.7 Å². The van der Waals surface area contributed by atoms with Crippen molar-refractivity contribution in [2.24, 2.45) is 0 Å². The van der Waals surface area contributed by atoms with E-state index >= 15 is 0 Å². The average Bonchev–Trinajstić information content (AvgIpc) is 3.08. The Hall–Kier alpha value is -2.30. The number of fused-ring (bicyclic) bond motifs is 1. The van der Waals surface area contributed by atoms with E-state index in [0.29, 0.717) is 31.0 Å². The second kappa shape index (κ2) is 7.68.